The number of aliphatic hydroxyl groups is 2. The van der Waals surface area contributed by atoms with E-state index in [0.717, 1.165) is 25.3 Å². The number of aliphatic hydroxyl groups excluding tert-OH is 2. The van der Waals surface area contributed by atoms with Crippen molar-refractivity contribution in [2.75, 3.05) is 7.11 Å². The van der Waals surface area contributed by atoms with Crippen LogP contribution in [0.5, 0.6) is 5.75 Å². The molecule has 8 nitrogen and oxygen atoms in total. The number of methoxy groups -OCH3 is 1. The van der Waals surface area contributed by atoms with Crippen LogP contribution >= 0.6 is 0 Å². The number of esters is 1. The molecule has 0 spiro atoms. The molecule has 0 saturated heterocycles. The molecule has 0 heterocycles. The number of benzene rings is 1. The molecule has 1 aromatic rings. The average molecular weight is 271 g/mol. The molecule has 0 radical (unpaired) electrons. The van der Waals surface area contributed by atoms with Crippen LogP contribution in [0.3, 0.4) is 0 Å². The van der Waals surface area contributed by atoms with E-state index < -0.39 is 35.3 Å². The number of phenols is 1. The second-order valence-electron chi connectivity index (χ2n) is 3.79. The highest BCUT2D eigenvalue weighted by Gasteiger charge is 2.25. The van der Waals surface area contributed by atoms with Crippen molar-refractivity contribution in [3.63, 3.8) is 0 Å². The molecule has 0 aliphatic heterocycles. The highest BCUT2D eigenvalue weighted by atomic mass is 16.6. The summed E-state index contributed by atoms with van der Waals surface area (Å²) in [5.74, 6) is -1.17. The minimum absolute atomic E-state index is 0.231. The van der Waals surface area contributed by atoms with Crippen LogP contribution < -0.4 is 0 Å². The molecular formula is C11H13NO7. The number of rotatable bonds is 5. The van der Waals surface area contributed by atoms with Crippen LogP contribution in [0.4, 0.5) is 5.69 Å². The number of phenolic OH excluding ortho intramolecular Hbond substituents is 1. The monoisotopic (exact) mass is 271 g/mol. The van der Waals surface area contributed by atoms with Gasteiger partial charge in [0.05, 0.1) is 24.6 Å². The lowest BCUT2D eigenvalue weighted by Crippen LogP contribution is -2.22. The van der Waals surface area contributed by atoms with Crippen LogP contribution in [0, 0.1) is 10.1 Å². The minimum atomic E-state index is -1.64. The van der Waals surface area contributed by atoms with Gasteiger partial charge < -0.3 is 20.1 Å². The molecule has 2 atom stereocenters. The lowest BCUT2D eigenvalue weighted by atomic mass is 10.0. The Hall–Kier alpha value is -2.19. The van der Waals surface area contributed by atoms with E-state index in [1.165, 1.54) is 0 Å². The summed E-state index contributed by atoms with van der Waals surface area (Å²) in [5, 5.41) is 39.5. The molecule has 2 unspecified atom stereocenters. The predicted molar refractivity (Wildman–Crippen MR) is 62.4 cm³/mol. The van der Waals surface area contributed by atoms with Crippen LogP contribution in [0.1, 0.15) is 18.1 Å². The lowest BCUT2D eigenvalue weighted by Gasteiger charge is -2.17. The number of nitrogens with zero attached hydrogens (tertiary/aromatic N) is 1. The predicted octanol–water partition coefficient (Wildman–Crippen LogP) is 0.258. The van der Waals surface area contributed by atoms with Crippen molar-refractivity contribution < 1.29 is 29.8 Å². The van der Waals surface area contributed by atoms with Gasteiger partial charge in [0.25, 0.3) is 5.69 Å². The van der Waals surface area contributed by atoms with E-state index in [2.05, 4.69) is 4.74 Å². The molecule has 0 aliphatic carbocycles. The van der Waals surface area contributed by atoms with Crippen LogP contribution in [0.25, 0.3) is 0 Å². The molecule has 0 fully saturated rings. The van der Waals surface area contributed by atoms with Crippen molar-refractivity contribution in [1.29, 1.82) is 0 Å². The molecule has 0 bridgehead atoms. The second kappa shape index (κ2) is 6.12. The zero-order valence-corrected chi connectivity index (χ0v) is 10.0. The van der Waals surface area contributed by atoms with Gasteiger partial charge in [0.15, 0.2) is 0 Å². The van der Waals surface area contributed by atoms with E-state index in [-0.39, 0.29) is 11.3 Å². The highest BCUT2D eigenvalue weighted by molar-refractivity contribution is 5.69. The largest absolute Gasteiger partial charge is 0.508 e. The number of non-ortho nitro benzene ring substituents is 1. The molecule has 0 aromatic heterocycles. The Morgan fingerprint density at radius 1 is 1.47 bits per heavy atom. The number of nitro benzene ring substituents is 1. The smallest absolute Gasteiger partial charge is 0.308 e. The molecule has 104 valence electrons. The van der Waals surface area contributed by atoms with Gasteiger partial charge in [-0.3, -0.25) is 14.9 Å². The standard InChI is InChI=1S/C11H13NO7/c1-19-10(15)5-9(14)11(16)7-4-6(12(17)18)2-3-8(7)13/h2-4,9,11,13-14,16H,5H2,1H3. The number of ether oxygens (including phenoxy) is 1. The number of aromatic hydroxyl groups is 1. The van der Waals surface area contributed by atoms with Gasteiger partial charge in [-0.1, -0.05) is 0 Å². The quantitative estimate of drug-likeness (QED) is 0.397. The topological polar surface area (TPSA) is 130 Å². The van der Waals surface area contributed by atoms with Gasteiger partial charge in [-0.2, -0.15) is 0 Å². The Morgan fingerprint density at radius 3 is 2.63 bits per heavy atom. The molecule has 3 N–H and O–H groups in total. The zero-order valence-electron chi connectivity index (χ0n) is 10.0. The summed E-state index contributed by atoms with van der Waals surface area (Å²) in [6.45, 7) is 0. The normalized spacial score (nSPS) is 13.6. The first-order valence-corrected chi connectivity index (χ1v) is 5.27. The number of carbonyl (C=O) groups is 1. The number of carbonyl (C=O) groups excluding carboxylic acids is 1. The first-order chi connectivity index (χ1) is 8.86. The van der Waals surface area contributed by atoms with Crippen molar-refractivity contribution in [3.8, 4) is 5.75 Å². The maximum atomic E-state index is 11.0. The molecule has 8 heteroatoms. The number of nitro groups is 1. The Bertz CT molecular complexity index is 488. The third-order valence-corrected chi connectivity index (χ3v) is 2.51. The Labute approximate surface area is 108 Å². The third-order valence-electron chi connectivity index (χ3n) is 2.51. The van der Waals surface area contributed by atoms with Crippen molar-refractivity contribution in [2.24, 2.45) is 0 Å². The van der Waals surface area contributed by atoms with Crippen LogP contribution in [-0.2, 0) is 9.53 Å². The first kappa shape index (κ1) is 14.9. The fourth-order valence-corrected chi connectivity index (χ4v) is 1.47. The number of hydrogen-bond acceptors (Lipinski definition) is 7. The molecule has 0 saturated carbocycles. The first-order valence-electron chi connectivity index (χ1n) is 5.27. The Kier molecular flexibility index (Phi) is 4.79. The van der Waals surface area contributed by atoms with E-state index in [0.29, 0.717) is 0 Å². The van der Waals surface area contributed by atoms with E-state index in [4.69, 9.17) is 0 Å². The highest BCUT2D eigenvalue weighted by Crippen LogP contribution is 2.31. The molecule has 0 aliphatic rings. The molecule has 1 rings (SSSR count). The summed E-state index contributed by atoms with van der Waals surface area (Å²) in [7, 11) is 1.12. The summed E-state index contributed by atoms with van der Waals surface area (Å²) in [6, 6.07) is 3.01. The molecular weight excluding hydrogens is 258 g/mol. The van der Waals surface area contributed by atoms with Gasteiger partial charge in [0, 0.05) is 17.7 Å². The molecule has 1 aromatic carbocycles. The van der Waals surface area contributed by atoms with E-state index in [1.54, 1.807) is 0 Å². The summed E-state index contributed by atoms with van der Waals surface area (Å²) >= 11 is 0. The van der Waals surface area contributed by atoms with Gasteiger partial charge in [0.1, 0.15) is 11.9 Å². The van der Waals surface area contributed by atoms with Crippen molar-refractivity contribution >= 4 is 11.7 Å². The summed E-state index contributed by atoms with van der Waals surface area (Å²) < 4.78 is 4.32. The van der Waals surface area contributed by atoms with Gasteiger partial charge in [0.2, 0.25) is 0 Å². The molecule has 0 amide bonds. The maximum Gasteiger partial charge on any atom is 0.308 e. The van der Waals surface area contributed by atoms with Crippen molar-refractivity contribution in [3.05, 3.63) is 33.9 Å². The Balaban J connectivity index is 2.97. The van der Waals surface area contributed by atoms with E-state index in [9.17, 15) is 30.2 Å². The van der Waals surface area contributed by atoms with Gasteiger partial charge in [-0.25, -0.2) is 0 Å². The maximum absolute atomic E-state index is 11.0. The summed E-state index contributed by atoms with van der Waals surface area (Å²) in [5.41, 5.74) is -0.581. The number of hydrogen-bond donors (Lipinski definition) is 3. The van der Waals surface area contributed by atoms with Gasteiger partial charge in [-0.05, 0) is 6.07 Å². The van der Waals surface area contributed by atoms with Gasteiger partial charge in [-0.15, -0.1) is 0 Å². The third kappa shape index (κ3) is 3.63. The molecule has 19 heavy (non-hydrogen) atoms. The van der Waals surface area contributed by atoms with Crippen LogP contribution in [0.2, 0.25) is 0 Å². The zero-order chi connectivity index (χ0) is 14.6. The van der Waals surface area contributed by atoms with E-state index in [1.807, 2.05) is 0 Å². The van der Waals surface area contributed by atoms with E-state index >= 15 is 0 Å². The Morgan fingerprint density at radius 2 is 2.11 bits per heavy atom. The summed E-state index contributed by atoms with van der Waals surface area (Å²) in [6.07, 6.45) is -3.68. The van der Waals surface area contributed by atoms with Crippen LogP contribution in [0.15, 0.2) is 18.2 Å². The van der Waals surface area contributed by atoms with Crippen LogP contribution in [-0.4, -0.2) is 39.4 Å². The minimum Gasteiger partial charge on any atom is -0.508 e. The summed E-state index contributed by atoms with van der Waals surface area (Å²) in [4.78, 5) is 20.8. The fraction of sp³-hybridized carbons (Fsp3) is 0.364. The SMILES string of the molecule is COC(=O)CC(O)C(O)c1cc([N+](=O)[O-])ccc1O. The average Bonchev–Trinajstić information content (AvgIpc) is 2.37. The fourth-order valence-electron chi connectivity index (χ4n) is 1.47. The van der Waals surface area contributed by atoms with Crippen molar-refractivity contribution in [2.45, 2.75) is 18.6 Å². The second-order valence-corrected chi connectivity index (χ2v) is 3.79. The van der Waals surface area contributed by atoms with Crippen molar-refractivity contribution in [1.82, 2.24) is 0 Å². The van der Waals surface area contributed by atoms with Gasteiger partial charge >= 0.3 is 5.97 Å². The lowest BCUT2D eigenvalue weighted by molar-refractivity contribution is -0.385.